The number of benzene rings is 3. The van der Waals surface area contributed by atoms with Crippen LogP contribution in [0.2, 0.25) is 20.1 Å². The lowest BCUT2D eigenvalue weighted by Gasteiger charge is -2.14. The van der Waals surface area contributed by atoms with Gasteiger partial charge in [0, 0.05) is 5.02 Å². The molecule has 0 unspecified atom stereocenters. The molecular weight excluding hydrogens is 552 g/mol. The minimum Gasteiger partial charge on any atom is -0.493 e. The molecule has 35 heavy (non-hydrogen) atoms. The molecule has 1 heterocycles. The maximum absolute atomic E-state index is 12.9. The van der Waals surface area contributed by atoms with E-state index >= 15 is 0 Å². The molecule has 0 N–H and O–H groups in total. The number of methoxy groups -OCH3 is 1. The molecule has 3 aromatic rings. The van der Waals surface area contributed by atoms with Gasteiger partial charge in [-0.05, 0) is 70.9 Å². The highest BCUT2D eigenvalue weighted by Gasteiger charge is 2.35. The fourth-order valence-corrected chi connectivity index (χ4v) is 4.87. The molecule has 1 aliphatic heterocycles. The van der Waals surface area contributed by atoms with E-state index in [0.717, 1.165) is 22.2 Å². The van der Waals surface area contributed by atoms with Crippen molar-refractivity contribution in [1.29, 1.82) is 0 Å². The molecule has 0 radical (unpaired) electrons. The largest absolute Gasteiger partial charge is 0.493 e. The number of imide groups is 1. The van der Waals surface area contributed by atoms with E-state index < -0.39 is 5.91 Å². The molecule has 2 amide bonds. The second-order valence-corrected chi connectivity index (χ2v) is 10.1. The minimum atomic E-state index is -0.413. The van der Waals surface area contributed by atoms with Crippen LogP contribution >= 0.6 is 58.2 Å². The van der Waals surface area contributed by atoms with Gasteiger partial charge in [-0.2, -0.15) is 0 Å². The Morgan fingerprint density at radius 3 is 2.29 bits per heavy atom. The van der Waals surface area contributed by atoms with Crippen LogP contribution in [0, 0.1) is 0 Å². The highest BCUT2D eigenvalue weighted by Crippen LogP contribution is 2.39. The molecule has 0 spiro atoms. The molecule has 1 aliphatic rings. The molecule has 4 rings (SSSR count). The maximum Gasteiger partial charge on any atom is 0.293 e. The van der Waals surface area contributed by atoms with E-state index in [0.29, 0.717) is 42.7 Å². The summed E-state index contributed by atoms with van der Waals surface area (Å²) in [5, 5.41) is 1.31. The van der Waals surface area contributed by atoms with Crippen molar-refractivity contribution in [3.8, 4) is 11.5 Å². The van der Waals surface area contributed by atoms with Gasteiger partial charge in [0.05, 0.1) is 33.6 Å². The lowest BCUT2D eigenvalue weighted by molar-refractivity contribution is -0.123. The van der Waals surface area contributed by atoms with Crippen LogP contribution in [-0.4, -0.2) is 23.2 Å². The van der Waals surface area contributed by atoms with Gasteiger partial charge in [0.1, 0.15) is 6.61 Å². The standard InChI is InChI=1S/C25H17Cl4NO4S/c1-33-21-10-16(9-20(29)23(21)34-13-14-2-5-17(26)6-3-14)11-22-24(31)30(25(32)35-22)12-15-4-7-18(27)19(28)8-15/h2-11H,12-13H2,1H3/b22-11-. The summed E-state index contributed by atoms with van der Waals surface area (Å²) in [4.78, 5) is 26.9. The van der Waals surface area contributed by atoms with E-state index in [4.69, 9.17) is 55.9 Å². The van der Waals surface area contributed by atoms with Crippen molar-refractivity contribution in [2.24, 2.45) is 0 Å². The van der Waals surface area contributed by atoms with Gasteiger partial charge in [-0.25, -0.2) is 0 Å². The molecule has 0 atom stereocenters. The third kappa shape index (κ3) is 6.08. The number of carbonyl (C=O) groups is 2. The third-order valence-electron chi connectivity index (χ3n) is 5.04. The smallest absolute Gasteiger partial charge is 0.293 e. The number of rotatable bonds is 7. The molecule has 0 bridgehead atoms. The van der Waals surface area contributed by atoms with Crippen LogP contribution in [0.1, 0.15) is 16.7 Å². The van der Waals surface area contributed by atoms with Crippen LogP contribution in [0.15, 0.2) is 59.5 Å². The van der Waals surface area contributed by atoms with Crippen molar-refractivity contribution in [3.05, 3.63) is 96.3 Å². The zero-order valence-electron chi connectivity index (χ0n) is 18.2. The Morgan fingerprint density at radius 1 is 0.886 bits per heavy atom. The van der Waals surface area contributed by atoms with Gasteiger partial charge in [-0.15, -0.1) is 0 Å². The second kappa shape index (κ2) is 11.1. The molecule has 180 valence electrons. The predicted molar refractivity (Wildman–Crippen MR) is 142 cm³/mol. The van der Waals surface area contributed by atoms with E-state index in [-0.39, 0.29) is 23.3 Å². The highest BCUT2D eigenvalue weighted by molar-refractivity contribution is 8.18. The lowest BCUT2D eigenvalue weighted by atomic mass is 10.1. The summed E-state index contributed by atoms with van der Waals surface area (Å²) >= 11 is 25.2. The topological polar surface area (TPSA) is 55.8 Å². The number of hydrogen-bond donors (Lipinski definition) is 0. The Morgan fingerprint density at radius 2 is 1.60 bits per heavy atom. The SMILES string of the molecule is COc1cc(/C=C2\SC(=O)N(Cc3ccc(Cl)c(Cl)c3)C2=O)cc(Cl)c1OCc1ccc(Cl)cc1. The molecule has 1 saturated heterocycles. The molecule has 0 aliphatic carbocycles. The van der Waals surface area contributed by atoms with Crippen LogP contribution < -0.4 is 9.47 Å². The average molecular weight is 569 g/mol. The molecule has 0 aromatic heterocycles. The number of thioether (sulfide) groups is 1. The van der Waals surface area contributed by atoms with Crippen molar-refractivity contribution in [2.45, 2.75) is 13.2 Å². The van der Waals surface area contributed by atoms with Crippen molar-refractivity contribution in [2.75, 3.05) is 7.11 Å². The molecule has 3 aromatic carbocycles. The predicted octanol–water partition coefficient (Wildman–Crippen LogP) is 8.12. The normalized spacial score (nSPS) is 14.7. The first-order chi connectivity index (χ1) is 16.7. The molecule has 10 heteroatoms. The fourth-order valence-electron chi connectivity index (χ4n) is 3.31. The molecule has 1 fully saturated rings. The number of ether oxygens (including phenoxy) is 2. The van der Waals surface area contributed by atoms with Crippen LogP contribution in [0.5, 0.6) is 11.5 Å². The summed E-state index contributed by atoms with van der Waals surface area (Å²) in [7, 11) is 1.50. The van der Waals surface area contributed by atoms with Gasteiger partial charge in [-0.3, -0.25) is 14.5 Å². The van der Waals surface area contributed by atoms with Crippen molar-refractivity contribution in [3.63, 3.8) is 0 Å². The van der Waals surface area contributed by atoms with Gasteiger partial charge in [-0.1, -0.05) is 64.6 Å². The number of nitrogens with zero attached hydrogens (tertiary/aromatic N) is 1. The van der Waals surface area contributed by atoms with E-state index in [2.05, 4.69) is 0 Å². The Kier molecular flexibility index (Phi) is 8.19. The third-order valence-corrected chi connectivity index (χ3v) is 7.22. The van der Waals surface area contributed by atoms with Crippen LogP contribution in [0.25, 0.3) is 6.08 Å². The van der Waals surface area contributed by atoms with E-state index in [1.165, 1.54) is 7.11 Å². The van der Waals surface area contributed by atoms with Gasteiger partial charge in [0.2, 0.25) is 0 Å². The number of halogens is 4. The van der Waals surface area contributed by atoms with Gasteiger partial charge < -0.3 is 9.47 Å². The van der Waals surface area contributed by atoms with Gasteiger partial charge in [0.15, 0.2) is 11.5 Å². The summed E-state index contributed by atoms with van der Waals surface area (Å²) in [5.74, 6) is 0.353. The van der Waals surface area contributed by atoms with E-state index in [1.54, 1.807) is 48.5 Å². The molecular formula is C25H17Cl4NO4S. The van der Waals surface area contributed by atoms with Crippen LogP contribution in [-0.2, 0) is 17.9 Å². The van der Waals surface area contributed by atoms with Gasteiger partial charge >= 0.3 is 0 Å². The Hall–Kier alpha value is -2.35. The highest BCUT2D eigenvalue weighted by atomic mass is 35.5. The molecule has 5 nitrogen and oxygen atoms in total. The number of amides is 2. The fraction of sp³-hybridized carbons (Fsp3) is 0.120. The summed E-state index contributed by atoms with van der Waals surface area (Å²) in [6, 6.07) is 15.6. The first-order valence-corrected chi connectivity index (χ1v) is 12.5. The van der Waals surface area contributed by atoms with Crippen molar-refractivity contribution in [1.82, 2.24) is 4.90 Å². The summed E-state index contributed by atoms with van der Waals surface area (Å²) in [6.45, 7) is 0.348. The van der Waals surface area contributed by atoms with Crippen LogP contribution in [0.3, 0.4) is 0 Å². The Bertz CT molecular complexity index is 1330. The first kappa shape index (κ1) is 25.7. The summed E-state index contributed by atoms with van der Waals surface area (Å²) < 4.78 is 11.3. The van der Waals surface area contributed by atoms with E-state index in [1.807, 2.05) is 12.1 Å². The number of carbonyl (C=O) groups excluding carboxylic acids is 2. The first-order valence-electron chi connectivity index (χ1n) is 10.2. The zero-order valence-corrected chi connectivity index (χ0v) is 22.0. The second-order valence-electron chi connectivity index (χ2n) is 7.47. The van der Waals surface area contributed by atoms with Gasteiger partial charge in [0.25, 0.3) is 11.1 Å². The Labute approximate surface area is 226 Å². The minimum absolute atomic E-state index is 0.0838. The van der Waals surface area contributed by atoms with Crippen molar-refractivity contribution < 1.29 is 19.1 Å². The average Bonchev–Trinajstić information content (AvgIpc) is 3.08. The monoisotopic (exact) mass is 567 g/mol. The van der Waals surface area contributed by atoms with Crippen molar-refractivity contribution >= 4 is 75.4 Å². The molecule has 0 saturated carbocycles. The zero-order chi connectivity index (χ0) is 25.1. The summed E-state index contributed by atoms with van der Waals surface area (Å²) in [6.07, 6.45) is 1.59. The summed E-state index contributed by atoms with van der Waals surface area (Å²) in [5.41, 5.74) is 2.19. The quantitative estimate of drug-likeness (QED) is 0.269. The Balaban J connectivity index is 1.52. The maximum atomic E-state index is 12.9. The van der Waals surface area contributed by atoms with Crippen LogP contribution in [0.4, 0.5) is 4.79 Å². The number of hydrogen-bond acceptors (Lipinski definition) is 5. The van der Waals surface area contributed by atoms with E-state index in [9.17, 15) is 9.59 Å². The lowest BCUT2D eigenvalue weighted by Crippen LogP contribution is -2.27.